The fourth-order valence-electron chi connectivity index (χ4n) is 2.16. The molecule has 1 aliphatic carbocycles. The molecule has 0 amide bonds. The van der Waals surface area contributed by atoms with Crippen molar-refractivity contribution in [2.45, 2.75) is 43.8 Å². The van der Waals surface area contributed by atoms with Crippen molar-refractivity contribution in [2.75, 3.05) is 0 Å². The van der Waals surface area contributed by atoms with E-state index in [0.717, 1.165) is 19.3 Å². The second kappa shape index (κ2) is 8.74. The van der Waals surface area contributed by atoms with E-state index in [0.29, 0.717) is 12.8 Å². The summed E-state index contributed by atoms with van der Waals surface area (Å²) >= 11 is 0. The largest absolute Gasteiger partial charge is 0.747 e. The number of rotatable bonds is 5. The van der Waals surface area contributed by atoms with Gasteiger partial charge in [0.25, 0.3) is 0 Å². The molecule has 2 rings (SSSR count). The molecule has 0 aliphatic heterocycles. The number of hydrogen-bond donors (Lipinski definition) is 0. The molecule has 0 saturated carbocycles. The Labute approximate surface area is 127 Å². The minimum atomic E-state index is -4.26. The second-order valence-electron chi connectivity index (χ2n) is 5.04. The lowest BCUT2D eigenvalue weighted by atomic mass is 9.93. The molecule has 1 heterocycles. The van der Waals surface area contributed by atoms with Crippen LogP contribution >= 0.6 is 0 Å². The minimum Gasteiger partial charge on any atom is -0.747 e. The number of H-pyrrole nitrogens is 1. The summed E-state index contributed by atoms with van der Waals surface area (Å²) < 4.78 is 32.6. The molecular formula is C16H23NO3S. The van der Waals surface area contributed by atoms with Gasteiger partial charge in [-0.3, -0.25) is 0 Å². The monoisotopic (exact) mass is 309 g/mol. The number of pyridine rings is 1. The average molecular weight is 309 g/mol. The summed E-state index contributed by atoms with van der Waals surface area (Å²) in [5.41, 5.74) is 0. The maximum Gasteiger partial charge on any atom is 0.166 e. The summed E-state index contributed by atoms with van der Waals surface area (Å²) in [6.07, 6.45) is 14.0. The molecule has 1 aromatic rings. The van der Waals surface area contributed by atoms with Gasteiger partial charge in [-0.2, -0.15) is 0 Å². The van der Waals surface area contributed by atoms with Gasteiger partial charge in [-0.1, -0.05) is 56.6 Å². The highest BCUT2D eigenvalue weighted by atomic mass is 32.2. The van der Waals surface area contributed by atoms with E-state index < -0.39 is 14.9 Å². The van der Waals surface area contributed by atoms with Crippen LogP contribution in [0.3, 0.4) is 0 Å². The van der Waals surface area contributed by atoms with E-state index in [-0.39, 0.29) is 0 Å². The van der Waals surface area contributed by atoms with E-state index in [1.165, 1.54) is 0 Å². The highest BCUT2D eigenvalue weighted by Gasteiger charge is 2.33. The molecule has 0 bridgehead atoms. The van der Waals surface area contributed by atoms with Crippen molar-refractivity contribution < 1.29 is 18.0 Å². The molecular weight excluding hydrogens is 286 g/mol. The van der Waals surface area contributed by atoms with Gasteiger partial charge in [0, 0.05) is 12.1 Å². The Morgan fingerprint density at radius 2 is 1.86 bits per heavy atom. The van der Waals surface area contributed by atoms with Crippen LogP contribution < -0.4 is 4.98 Å². The first-order valence-electron chi connectivity index (χ1n) is 7.23. The van der Waals surface area contributed by atoms with Crippen molar-refractivity contribution >= 4 is 10.1 Å². The van der Waals surface area contributed by atoms with E-state index in [1.54, 1.807) is 24.3 Å². The Kier molecular flexibility index (Phi) is 7.32. The molecule has 1 atom stereocenters. The summed E-state index contributed by atoms with van der Waals surface area (Å²) in [4.78, 5) is 2.89. The van der Waals surface area contributed by atoms with Gasteiger partial charge in [-0.05, 0) is 12.8 Å². The molecule has 0 spiro atoms. The zero-order valence-corrected chi connectivity index (χ0v) is 13.2. The van der Waals surface area contributed by atoms with Gasteiger partial charge in [-0.15, -0.1) is 0 Å². The first-order chi connectivity index (χ1) is 10.0. The number of unbranched alkanes of at least 4 members (excludes halogenated alkanes) is 2. The van der Waals surface area contributed by atoms with E-state index in [1.807, 2.05) is 30.6 Å². The number of aromatic nitrogens is 1. The third-order valence-electron chi connectivity index (χ3n) is 3.42. The molecule has 1 N–H and O–H groups in total. The molecule has 116 valence electrons. The molecule has 4 nitrogen and oxygen atoms in total. The Balaban J connectivity index is 0.000000304. The van der Waals surface area contributed by atoms with Crippen molar-refractivity contribution in [3.05, 3.63) is 54.9 Å². The lowest BCUT2D eigenvalue weighted by Crippen LogP contribution is -2.36. The van der Waals surface area contributed by atoms with Crippen LogP contribution in [0.25, 0.3) is 0 Å². The van der Waals surface area contributed by atoms with Gasteiger partial charge in [0.05, 0.1) is 4.75 Å². The minimum absolute atomic E-state index is 0.318. The second-order valence-corrected chi connectivity index (χ2v) is 6.77. The Bertz CT molecular complexity index is 525. The fourth-order valence-corrected chi connectivity index (χ4v) is 3.10. The van der Waals surface area contributed by atoms with Gasteiger partial charge in [-0.25, -0.2) is 13.4 Å². The van der Waals surface area contributed by atoms with Crippen LogP contribution in [-0.2, 0) is 10.1 Å². The first-order valence-corrected chi connectivity index (χ1v) is 8.63. The molecule has 0 radical (unpaired) electrons. The van der Waals surface area contributed by atoms with Crippen LogP contribution in [0.4, 0.5) is 0 Å². The van der Waals surface area contributed by atoms with Crippen molar-refractivity contribution in [3.8, 4) is 0 Å². The van der Waals surface area contributed by atoms with Crippen molar-refractivity contribution in [1.82, 2.24) is 0 Å². The first kappa shape index (κ1) is 17.6. The van der Waals surface area contributed by atoms with Gasteiger partial charge >= 0.3 is 0 Å². The Morgan fingerprint density at radius 3 is 2.24 bits per heavy atom. The fraction of sp³-hybridized carbons (Fsp3) is 0.438. The van der Waals surface area contributed by atoms with Crippen LogP contribution in [-0.4, -0.2) is 17.7 Å². The molecule has 1 aromatic heterocycles. The zero-order valence-electron chi connectivity index (χ0n) is 12.4. The maximum absolute atomic E-state index is 11.3. The number of nitrogens with one attached hydrogen (secondary N) is 1. The van der Waals surface area contributed by atoms with Crippen LogP contribution in [0, 0.1) is 0 Å². The highest BCUT2D eigenvalue weighted by molar-refractivity contribution is 7.87. The van der Waals surface area contributed by atoms with E-state index in [2.05, 4.69) is 11.9 Å². The van der Waals surface area contributed by atoms with Crippen molar-refractivity contribution in [2.24, 2.45) is 0 Å². The number of hydrogen-bond acceptors (Lipinski definition) is 3. The summed E-state index contributed by atoms with van der Waals surface area (Å²) in [6.45, 7) is 2.05. The molecule has 1 aliphatic rings. The lowest BCUT2D eigenvalue weighted by Gasteiger charge is -2.33. The molecule has 0 saturated heterocycles. The maximum atomic E-state index is 11.3. The van der Waals surface area contributed by atoms with Crippen molar-refractivity contribution in [1.29, 1.82) is 0 Å². The summed E-state index contributed by atoms with van der Waals surface area (Å²) in [5.74, 6) is 0. The van der Waals surface area contributed by atoms with Crippen molar-refractivity contribution in [3.63, 3.8) is 0 Å². The Morgan fingerprint density at radius 1 is 1.14 bits per heavy atom. The van der Waals surface area contributed by atoms with E-state index in [9.17, 15) is 13.0 Å². The highest BCUT2D eigenvalue weighted by Crippen LogP contribution is 2.32. The number of allylic oxidation sites excluding steroid dienone is 3. The predicted molar refractivity (Wildman–Crippen MR) is 82.5 cm³/mol. The molecule has 5 heteroatoms. The van der Waals surface area contributed by atoms with Gasteiger partial charge in [0.1, 0.15) is 10.1 Å². The molecule has 0 fully saturated rings. The summed E-state index contributed by atoms with van der Waals surface area (Å²) in [6, 6.07) is 5.86. The Hall–Kier alpha value is -1.46. The molecule has 0 aromatic carbocycles. The molecule has 21 heavy (non-hydrogen) atoms. The average Bonchev–Trinajstić information content (AvgIpc) is 2.50. The van der Waals surface area contributed by atoms with Crippen LogP contribution in [0.2, 0.25) is 0 Å². The predicted octanol–water partition coefficient (Wildman–Crippen LogP) is 2.87. The van der Waals surface area contributed by atoms with Crippen LogP contribution in [0.5, 0.6) is 0 Å². The topological polar surface area (TPSA) is 71.3 Å². The lowest BCUT2D eigenvalue weighted by molar-refractivity contribution is -0.377. The van der Waals surface area contributed by atoms with Gasteiger partial charge in [0.2, 0.25) is 0 Å². The van der Waals surface area contributed by atoms with Crippen LogP contribution in [0.15, 0.2) is 54.9 Å². The van der Waals surface area contributed by atoms with Crippen LogP contribution in [0.1, 0.15) is 39.0 Å². The number of aromatic amines is 1. The molecule has 1 unspecified atom stereocenters. The standard InChI is InChI=1S/C11H18O3S.C5H5N/c1-2-3-5-8-11(15(12,13)14)9-6-4-7-10-11;1-2-4-6-5-3-1/h4,6-7,9H,2-3,5,8,10H2,1H3,(H,12,13,14);1-5H. The normalized spacial score (nSPS) is 20.7. The van der Waals surface area contributed by atoms with E-state index in [4.69, 9.17) is 0 Å². The van der Waals surface area contributed by atoms with Gasteiger partial charge < -0.3 is 4.55 Å². The quantitative estimate of drug-likeness (QED) is 0.620. The zero-order chi connectivity index (χ0) is 15.6. The summed E-state index contributed by atoms with van der Waals surface area (Å²) in [5, 5.41) is 0. The third-order valence-corrected chi connectivity index (χ3v) is 4.92. The summed E-state index contributed by atoms with van der Waals surface area (Å²) in [7, 11) is -4.26. The smallest absolute Gasteiger partial charge is 0.166 e. The van der Waals surface area contributed by atoms with E-state index >= 15 is 0 Å². The SMILES string of the molecule is CCCCCC1(S(=O)(=O)[O-])C=CC=CC1.c1cc[nH+]cc1. The van der Waals surface area contributed by atoms with Gasteiger partial charge in [0.15, 0.2) is 12.4 Å². The third kappa shape index (κ3) is 5.81.